The second kappa shape index (κ2) is 5.00. The predicted molar refractivity (Wildman–Crippen MR) is 62.2 cm³/mol. The molecule has 0 unspecified atom stereocenters. The van der Waals surface area contributed by atoms with Gasteiger partial charge in [-0.05, 0) is 5.56 Å². The van der Waals surface area contributed by atoms with Crippen LogP contribution in [0.5, 0.6) is 0 Å². The number of amides is 2. The highest BCUT2D eigenvalue weighted by Gasteiger charge is 2.40. The molecule has 0 saturated carbocycles. The Balaban J connectivity index is 2.08. The molecule has 1 aromatic rings. The number of hydrogen-bond acceptors (Lipinski definition) is 4. The molecule has 0 spiro atoms. The highest BCUT2D eigenvalue weighted by molar-refractivity contribution is 6.05. The summed E-state index contributed by atoms with van der Waals surface area (Å²) >= 11 is 0. The Bertz CT molecular complexity index is 483. The third-order valence-electron chi connectivity index (χ3n) is 2.69. The molecule has 1 aliphatic heterocycles. The van der Waals surface area contributed by atoms with Crippen molar-refractivity contribution in [1.82, 2.24) is 4.90 Å². The van der Waals surface area contributed by atoms with Gasteiger partial charge in [0, 0.05) is 6.92 Å². The van der Waals surface area contributed by atoms with Crippen molar-refractivity contribution >= 4 is 17.8 Å². The predicted octanol–water partition coefficient (Wildman–Crippen LogP) is 0.877. The van der Waals surface area contributed by atoms with E-state index in [-0.39, 0.29) is 18.9 Å². The summed E-state index contributed by atoms with van der Waals surface area (Å²) in [5.74, 6) is -1.31. The molecule has 0 aromatic heterocycles. The number of likely N-dealkylation sites (tertiary alicyclic amines) is 1. The Kier molecular flexibility index (Phi) is 3.41. The highest BCUT2D eigenvalue weighted by Crippen LogP contribution is 2.19. The minimum atomic E-state index is -0.960. The molecular formula is C13H13NO4. The van der Waals surface area contributed by atoms with Crippen LogP contribution in [0.2, 0.25) is 0 Å². The van der Waals surface area contributed by atoms with E-state index in [4.69, 9.17) is 4.74 Å². The zero-order valence-electron chi connectivity index (χ0n) is 9.96. The number of imide groups is 1. The van der Waals surface area contributed by atoms with Crippen LogP contribution in [-0.4, -0.2) is 28.8 Å². The molecular weight excluding hydrogens is 234 g/mol. The molecule has 2 rings (SSSR count). The molecule has 0 aliphatic carbocycles. The lowest BCUT2D eigenvalue weighted by Crippen LogP contribution is -2.32. The quantitative estimate of drug-likeness (QED) is 0.587. The van der Waals surface area contributed by atoms with E-state index in [1.165, 1.54) is 6.92 Å². The Labute approximate surface area is 104 Å². The van der Waals surface area contributed by atoms with Crippen molar-refractivity contribution in [2.24, 2.45) is 0 Å². The third-order valence-corrected chi connectivity index (χ3v) is 2.69. The maximum Gasteiger partial charge on any atom is 0.303 e. The minimum Gasteiger partial charge on any atom is -0.452 e. The van der Waals surface area contributed by atoms with Gasteiger partial charge in [0.05, 0.1) is 13.0 Å². The maximum absolute atomic E-state index is 11.9. The van der Waals surface area contributed by atoms with E-state index < -0.39 is 18.0 Å². The fourth-order valence-corrected chi connectivity index (χ4v) is 1.88. The standard InChI is InChI=1S/C13H13NO4/c1-9(15)18-11-7-12(16)14(13(11)17)8-10-5-3-2-4-6-10/h2-6,11H,7-8H2,1H3/t11-/m0/s1. The van der Waals surface area contributed by atoms with Crippen LogP contribution in [0.1, 0.15) is 18.9 Å². The Morgan fingerprint density at radius 1 is 1.33 bits per heavy atom. The van der Waals surface area contributed by atoms with Gasteiger partial charge in [-0.15, -0.1) is 0 Å². The third kappa shape index (κ3) is 2.56. The molecule has 18 heavy (non-hydrogen) atoms. The van der Waals surface area contributed by atoms with Crippen LogP contribution < -0.4 is 0 Å². The van der Waals surface area contributed by atoms with Crippen LogP contribution in [0.4, 0.5) is 0 Å². The van der Waals surface area contributed by atoms with Crippen LogP contribution in [-0.2, 0) is 25.7 Å². The topological polar surface area (TPSA) is 63.7 Å². The van der Waals surface area contributed by atoms with E-state index in [1.807, 2.05) is 30.3 Å². The zero-order chi connectivity index (χ0) is 13.1. The average molecular weight is 247 g/mol. The smallest absolute Gasteiger partial charge is 0.303 e. The van der Waals surface area contributed by atoms with Crippen LogP contribution in [0.25, 0.3) is 0 Å². The van der Waals surface area contributed by atoms with Crippen LogP contribution in [0.15, 0.2) is 30.3 Å². The summed E-state index contributed by atoms with van der Waals surface area (Å²) in [4.78, 5) is 35.5. The fraction of sp³-hybridized carbons (Fsp3) is 0.308. The van der Waals surface area contributed by atoms with E-state index in [0.29, 0.717) is 0 Å². The lowest BCUT2D eigenvalue weighted by molar-refractivity contribution is -0.154. The molecule has 1 atom stereocenters. The van der Waals surface area contributed by atoms with Gasteiger partial charge < -0.3 is 4.74 Å². The first kappa shape index (κ1) is 12.3. The van der Waals surface area contributed by atoms with Gasteiger partial charge in [-0.1, -0.05) is 30.3 Å². The second-order valence-electron chi connectivity index (χ2n) is 4.11. The first-order chi connectivity index (χ1) is 8.58. The average Bonchev–Trinajstić information content (AvgIpc) is 2.58. The van der Waals surface area contributed by atoms with E-state index >= 15 is 0 Å². The molecule has 0 bridgehead atoms. The van der Waals surface area contributed by atoms with E-state index in [0.717, 1.165) is 10.5 Å². The molecule has 1 fully saturated rings. The van der Waals surface area contributed by atoms with Crippen molar-refractivity contribution in [2.75, 3.05) is 0 Å². The van der Waals surface area contributed by atoms with E-state index in [9.17, 15) is 14.4 Å². The van der Waals surface area contributed by atoms with Crippen LogP contribution in [0, 0.1) is 0 Å². The minimum absolute atomic E-state index is 0.0642. The van der Waals surface area contributed by atoms with Crippen LogP contribution in [0.3, 0.4) is 0 Å². The number of ether oxygens (including phenoxy) is 1. The summed E-state index contributed by atoms with van der Waals surface area (Å²) in [6.07, 6.45) is -1.02. The molecule has 1 saturated heterocycles. The van der Waals surface area contributed by atoms with Crippen molar-refractivity contribution in [1.29, 1.82) is 0 Å². The molecule has 94 valence electrons. The van der Waals surface area contributed by atoms with Gasteiger partial charge in [0.15, 0.2) is 6.10 Å². The van der Waals surface area contributed by atoms with Gasteiger partial charge in [0.1, 0.15) is 0 Å². The number of esters is 1. The van der Waals surface area contributed by atoms with Gasteiger partial charge in [-0.25, -0.2) is 0 Å². The number of rotatable bonds is 3. The van der Waals surface area contributed by atoms with Crippen molar-refractivity contribution in [3.05, 3.63) is 35.9 Å². The Morgan fingerprint density at radius 2 is 2.00 bits per heavy atom. The van der Waals surface area contributed by atoms with Crippen molar-refractivity contribution in [3.8, 4) is 0 Å². The van der Waals surface area contributed by atoms with Crippen molar-refractivity contribution in [3.63, 3.8) is 0 Å². The zero-order valence-corrected chi connectivity index (χ0v) is 9.96. The van der Waals surface area contributed by atoms with Gasteiger partial charge in [0.25, 0.3) is 5.91 Å². The first-order valence-electron chi connectivity index (χ1n) is 5.63. The number of hydrogen-bond donors (Lipinski definition) is 0. The van der Waals surface area contributed by atoms with Crippen molar-refractivity contribution < 1.29 is 19.1 Å². The van der Waals surface area contributed by atoms with Gasteiger partial charge in [0.2, 0.25) is 5.91 Å². The molecule has 5 heteroatoms. The normalized spacial score (nSPS) is 19.2. The number of carbonyl (C=O) groups excluding carboxylic acids is 3. The van der Waals surface area contributed by atoms with Gasteiger partial charge in [-0.3, -0.25) is 19.3 Å². The summed E-state index contributed by atoms with van der Waals surface area (Å²) in [5.41, 5.74) is 0.864. The largest absolute Gasteiger partial charge is 0.452 e. The van der Waals surface area contributed by atoms with E-state index in [1.54, 1.807) is 0 Å². The lowest BCUT2D eigenvalue weighted by Gasteiger charge is -2.14. The second-order valence-corrected chi connectivity index (χ2v) is 4.11. The summed E-state index contributed by atoms with van der Waals surface area (Å²) < 4.78 is 4.81. The molecule has 1 aromatic carbocycles. The Morgan fingerprint density at radius 3 is 2.61 bits per heavy atom. The molecule has 0 radical (unpaired) electrons. The first-order valence-corrected chi connectivity index (χ1v) is 5.63. The maximum atomic E-state index is 11.9. The number of nitrogens with zero attached hydrogens (tertiary/aromatic N) is 1. The lowest BCUT2D eigenvalue weighted by atomic mass is 10.2. The summed E-state index contributed by atoms with van der Waals surface area (Å²) in [7, 11) is 0. The van der Waals surface area contributed by atoms with Crippen LogP contribution >= 0.6 is 0 Å². The molecule has 1 aliphatic rings. The van der Waals surface area contributed by atoms with E-state index in [2.05, 4.69) is 0 Å². The van der Waals surface area contributed by atoms with Gasteiger partial charge >= 0.3 is 5.97 Å². The summed E-state index contributed by atoms with van der Waals surface area (Å²) in [5, 5.41) is 0. The number of carbonyl (C=O) groups is 3. The molecule has 0 N–H and O–H groups in total. The molecule has 5 nitrogen and oxygen atoms in total. The number of benzene rings is 1. The van der Waals surface area contributed by atoms with Gasteiger partial charge in [-0.2, -0.15) is 0 Å². The SMILES string of the molecule is CC(=O)O[C@H]1CC(=O)N(Cc2ccccc2)C1=O. The summed E-state index contributed by atoms with van der Waals surface area (Å²) in [6, 6.07) is 9.20. The summed E-state index contributed by atoms with van der Waals surface area (Å²) in [6.45, 7) is 1.44. The Hall–Kier alpha value is -2.17. The highest BCUT2D eigenvalue weighted by atomic mass is 16.5. The monoisotopic (exact) mass is 247 g/mol. The molecule has 1 heterocycles. The molecule has 2 amide bonds. The van der Waals surface area contributed by atoms with Crippen molar-refractivity contribution in [2.45, 2.75) is 26.0 Å². The fourth-order valence-electron chi connectivity index (χ4n) is 1.88.